The Bertz CT molecular complexity index is 506. The molecule has 4 nitrogen and oxygen atoms in total. The third kappa shape index (κ3) is 1.07. The van der Waals surface area contributed by atoms with E-state index in [4.69, 9.17) is 9.47 Å². The summed E-state index contributed by atoms with van der Waals surface area (Å²) < 4.78 is 10.8. The van der Waals surface area contributed by atoms with E-state index in [1.54, 1.807) is 0 Å². The Kier molecular flexibility index (Phi) is 1.91. The molecule has 0 bridgehead atoms. The van der Waals surface area contributed by atoms with Crippen LogP contribution in [0.5, 0.6) is 0 Å². The van der Waals surface area contributed by atoms with Crippen molar-refractivity contribution in [2.45, 2.75) is 38.9 Å². The molecule has 0 aromatic heterocycles. The number of carbonyl (C=O) groups excluding carboxylic acids is 2. The lowest BCUT2D eigenvalue weighted by Gasteiger charge is -2.38. The van der Waals surface area contributed by atoms with Gasteiger partial charge in [0.05, 0.1) is 12.2 Å². The largest absolute Gasteiger partial charge is 0.460 e. The number of epoxide rings is 1. The van der Waals surface area contributed by atoms with Crippen molar-refractivity contribution in [3.63, 3.8) is 0 Å². The van der Waals surface area contributed by atoms with Gasteiger partial charge in [-0.05, 0) is 30.3 Å². The summed E-state index contributed by atoms with van der Waals surface area (Å²) in [7, 11) is 0. The van der Waals surface area contributed by atoms with Gasteiger partial charge in [0, 0.05) is 5.41 Å². The van der Waals surface area contributed by atoms with Gasteiger partial charge in [-0.1, -0.05) is 20.4 Å². The first-order valence-corrected chi connectivity index (χ1v) is 6.98. The fraction of sp³-hybridized carbons (Fsp3) is 0.733. The summed E-state index contributed by atoms with van der Waals surface area (Å²) in [6, 6.07) is 0. The minimum Gasteiger partial charge on any atom is -0.460 e. The minimum atomic E-state index is -1.05. The standard InChI is InChI=1S/C15H18O4/c1-7-6-18-13(17)15(7)5-9-4-10-11(19-10)8(2)14(9,3)12(15)16/h8-11H,1,4-6H2,2-3H3/t8-,9+,10-,11+,14+,15+/m0/s1. The fourth-order valence-corrected chi connectivity index (χ4v) is 4.66. The molecule has 19 heavy (non-hydrogen) atoms. The summed E-state index contributed by atoms with van der Waals surface area (Å²) >= 11 is 0. The van der Waals surface area contributed by atoms with Crippen molar-refractivity contribution in [2.75, 3.05) is 6.61 Å². The van der Waals surface area contributed by atoms with Crippen LogP contribution in [0.15, 0.2) is 12.2 Å². The highest BCUT2D eigenvalue weighted by atomic mass is 16.6. The maximum atomic E-state index is 13.1. The van der Waals surface area contributed by atoms with Crippen LogP contribution in [0.1, 0.15) is 26.7 Å². The number of ether oxygens (including phenoxy) is 2. The van der Waals surface area contributed by atoms with E-state index in [0.717, 1.165) is 6.42 Å². The Balaban J connectivity index is 1.83. The van der Waals surface area contributed by atoms with E-state index < -0.39 is 10.8 Å². The highest BCUT2D eigenvalue weighted by Crippen LogP contribution is 2.65. The zero-order chi connectivity index (χ0) is 13.6. The molecule has 4 fully saturated rings. The lowest BCUT2D eigenvalue weighted by atomic mass is 9.62. The SMILES string of the molecule is C=C1COC(=O)[C@]12C[C@H]1C[C@@H]3O[C@@H]3[C@H](C)[C@@]1(C)C2=O. The Morgan fingerprint density at radius 2 is 2.11 bits per heavy atom. The van der Waals surface area contributed by atoms with E-state index in [1.165, 1.54) is 0 Å². The highest BCUT2D eigenvalue weighted by molar-refractivity contribution is 6.12. The number of fused-ring (bicyclic) bond motifs is 2. The van der Waals surface area contributed by atoms with Gasteiger partial charge < -0.3 is 9.47 Å². The molecule has 2 heterocycles. The zero-order valence-electron chi connectivity index (χ0n) is 11.3. The smallest absolute Gasteiger partial charge is 0.324 e. The molecule has 102 valence electrons. The predicted molar refractivity (Wildman–Crippen MR) is 66.2 cm³/mol. The van der Waals surface area contributed by atoms with Crippen LogP contribution in [0, 0.1) is 22.7 Å². The quantitative estimate of drug-likeness (QED) is 0.287. The van der Waals surface area contributed by atoms with Crippen molar-refractivity contribution in [1.29, 1.82) is 0 Å². The van der Waals surface area contributed by atoms with Gasteiger partial charge in [0.25, 0.3) is 0 Å². The van der Waals surface area contributed by atoms with Gasteiger partial charge in [-0.25, -0.2) is 0 Å². The number of rotatable bonds is 0. The second-order valence-corrected chi connectivity index (χ2v) is 6.76. The molecule has 6 atom stereocenters. The summed E-state index contributed by atoms with van der Waals surface area (Å²) in [5.74, 6) is 0.0318. The molecule has 0 unspecified atom stereocenters. The van der Waals surface area contributed by atoms with Crippen LogP contribution in [0.4, 0.5) is 0 Å². The van der Waals surface area contributed by atoms with Crippen LogP contribution in [-0.4, -0.2) is 30.6 Å². The number of hydrogen-bond donors (Lipinski definition) is 0. The van der Waals surface area contributed by atoms with E-state index in [-0.39, 0.29) is 36.3 Å². The van der Waals surface area contributed by atoms with E-state index in [2.05, 4.69) is 13.5 Å². The van der Waals surface area contributed by atoms with Crippen molar-refractivity contribution >= 4 is 11.8 Å². The van der Waals surface area contributed by atoms with Crippen molar-refractivity contribution in [3.05, 3.63) is 12.2 Å². The average molecular weight is 262 g/mol. The van der Waals surface area contributed by atoms with Crippen LogP contribution in [-0.2, 0) is 19.1 Å². The highest BCUT2D eigenvalue weighted by Gasteiger charge is 2.73. The van der Waals surface area contributed by atoms with Gasteiger partial charge >= 0.3 is 5.97 Å². The van der Waals surface area contributed by atoms with Gasteiger partial charge in [0.15, 0.2) is 11.2 Å². The van der Waals surface area contributed by atoms with Crippen LogP contribution in [0.2, 0.25) is 0 Å². The first-order valence-electron chi connectivity index (χ1n) is 6.98. The maximum Gasteiger partial charge on any atom is 0.324 e. The van der Waals surface area contributed by atoms with Crippen LogP contribution >= 0.6 is 0 Å². The molecule has 0 aromatic carbocycles. The summed E-state index contributed by atoms with van der Waals surface area (Å²) in [6.45, 7) is 8.23. The monoisotopic (exact) mass is 262 g/mol. The molecule has 0 radical (unpaired) electrons. The number of hydrogen-bond acceptors (Lipinski definition) is 4. The topological polar surface area (TPSA) is 55.9 Å². The Hall–Kier alpha value is -1.16. The molecule has 4 aliphatic rings. The Morgan fingerprint density at radius 1 is 1.37 bits per heavy atom. The second kappa shape index (κ2) is 3.11. The summed E-state index contributed by atoms with van der Waals surface area (Å²) in [4.78, 5) is 25.2. The number of esters is 1. The second-order valence-electron chi connectivity index (χ2n) is 6.76. The molecule has 0 N–H and O–H groups in total. The molecular weight excluding hydrogens is 244 g/mol. The first kappa shape index (κ1) is 11.6. The maximum absolute atomic E-state index is 13.1. The molecule has 2 aliphatic carbocycles. The number of cyclic esters (lactones) is 1. The third-order valence-corrected chi connectivity index (χ3v) is 6.18. The molecule has 1 spiro atoms. The van der Waals surface area contributed by atoms with E-state index >= 15 is 0 Å². The van der Waals surface area contributed by atoms with Gasteiger partial charge in [0.1, 0.15) is 6.61 Å². The van der Waals surface area contributed by atoms with Crippen molar-refractivity contribution in [1.82, 2.24) is 0 Å². The van der Waals surface area contributed by atoms with Gasteiger partial charge in [-0.2, -0.15) is 0 Å². The Morgan fingerprint density at radius 3 is 2.74 bits per heavy atom. The number of carbonyl (C=O) groups is 2. The predicted octanol–water partition coefficient (Wildman–Crippen LogP) is 1.49. The van der Waals surface area contributed by atoms with Crippen LogP contribution < -0.4 is 0 Å². The molecule has 4 rings (SSSR count). The molecule has 0 aromatic rings. The van der Waals surface area contributed by atoms with Gasteiger partial charge in [-0.15, -0.1) is 0 Å². The Labute approximate surface area is 112 Å². The number of ketones is 1. The molecular formula is C15H18O4. The molecule has 4 heteroatoms. The molecule has 2 saturated heterocycles. The lowest BCUT2D eigenvalue weighted by Crippen LogP contribution is -2.46. The summed E-state index contributed by atoms with van der Waals surface area (Å²) in [6.07, 6.45) is 1.95. The third-order valence-electron chi connectivity index (χ3n) is 6.18. The summed E-state index contributed by atoms with van der Waals surface area (Å²) in [5.41, 5.74) is -0.867. The molecule has 0 amide bonds. The minimum absolute atomic E-state index is 0.0268. The van der Waals surface area contributed by atoms with Crippen LogP contribution in [0.25, 0.3) is 0 Å². The lowest BCUT2D eigenvalue weighted by molar-refractivity contribution is -0.151. The van der Waals surface area contributed by atoms with Gasteiger partial charge in [0.2, 0.25) is 0 Å². The van der Waals surface area contributed by atoms with E-state index in [1.807, 2.05) is 6.92 Å². The number of Topliss-reactive ketones (excluding diaryl/α,β-unsaturated/α-hetero) is 1. The molecule has 2 saturated carbocycles. The van der Waals surface area contributed by atoms with Gasteiger partial charge in [-0.3, -0.25) is 9.59 Å². The zero-order valence-corrected chi connectivity index (χ0v) is 11.3. The van der Waals surface area contributed by atoms with E-state index in [9.17, 15) is 9.59 Å². The van der Waals surface area contributed by atoms with E-state index in [0.29, 0.717) is 18.1 Å². The average Bonchev–Trinajstić information content (AvgIpc) is 3.05. The molecule has 2 aliphatic heterocycles. The van der Waals surface area contributed by atoms with Crippen molar-refractivity contribution < 1.29 is 19.1 Å². The van der Waals surface area contributed by atoms with Crippen molar-refractivity contribution in [2.24, 2.45) is 22.7 Å². The normalized spacial score (nSPS) is 55.2. The van der Waals surface area contributed by atoms with Crippen LogP contribution in [0.3, 0.4) is 0 Å². The summed E-state index contributed by atoms with van der Waals surface area (Å²) in [5, 5.41) is 0. The van der Waals surface area contributed by atoms with Crippen molar-refractivity contribution in [3.8, 4) is 0 Å². The fourth-order valence-electron chi connectivity index (χ4n) is 4.66. The first-order chi connectivity index (χ1) is 8.92.